The Hall–Kier alpha value is -1.95. The molecule has 0 fully saturated rings. The van der Waals surface area contributed by atoms with Gasteiger partial charge >= 0.3 is 0 Å². The number of rotatable bonds is 7. The summed E-state index contributed by atoms with van der Waals surface area (Å²) in [5.74, 6) is 0.372. The molecule has 2 aromatic rings. The van der Waals surface area contributed by atoms with Gasteiger partial charge in [0.1, 0.15) is 0 Å². The van der Waals surface area contributed by atoms with E-state index < -0.39 is 0 Å². The molecule has 0 aromatic carbocycles. The number of aromatic nitrogens is 3. The second-order valence-corrected chi connectivity index (χ2v) is 6.93. The number of amides is 1. The van der Waals surface area contributed by atoms with Crippen molar-refractivity contribution in [3.05, 3.63) is 23.5 Å². The summed E-state index contributed by atoms with van der Waals surface area (Å²) in [7, 11) is 0. The number of carbonyl (C=O) groups is 1. The number of hydrogen-bond donors (Lipinski definition) is 2. The van der Waals surface area contributed by atoms with Crippen molar-refractivity contribution < 1.29 is 4.79 Å². The summed E-state index contributed by atoms with van der Waals surface area (Å²) in [5, 5.41) is 8.30. The van der Waals surface area contributed by atoms with Crippen molar-refractivity contribution in [1.29, 1.82) is 0 Å². The number of hydrogen-bond acceptors (Lipinski definition) is 4. The number of aryl methyl sites for hydroxylation is 1. The Kier molecular flexibility index (Phi) is 5.94. The van der Waals surface area contributed by atoms with E-state index in [1.807, 2.05) is 17.7 Å². The molecule has 6 nitrogen and oxygen atoms in total. The fourth-order valence-corrected chi connectivity index (χ4v) is 2.87. The molecule has 3 N–H and O–H groups in total. The lowest BCUT2D eigenvalue weighted by atomic mass is 10.0. The van der Waals surface area contributed by atoms with Crippen LogP contribution in [0.25, 0.3) is 11.0 Å². The Balaban J connectivity index is 2.37. The molecule has 2 aromatic heterocycles. The van der Waals surface area contributed by atoms with Crippen LogP contribution in [0.2, 0.25) is 0 Å². The number of nitrogens with two attached hydrogens (primary N) is 1. The molecule has 132 valence electrons. The van der Waals surface area contributed by atoms with Gasteiger partial charge in [-0.25, -0.2) is 9.67 Å². The van der Waals surface area contributed by atoms with Crippen molar-refractivity contribution in [2.24, 2.45) is 11.7 Å². The van der Waals surface area contributed by atoms with E-state index in [0.29, 0.717) is 18.0 Å². The fraction of sp³-hybridized carbons (Fsp3) is 0.611. The van der Waals surface area contributed by atoms with Gasteiger partial charge < -0.3 is 11.1 Å². The van der Waals surface area contributed by atoms with Gasteiger partial charge in [-0.1, -0.05) is 20.8 Å². The van der Waals surface area contributed by atoms with Gasteiger partial charge in [0.2, 0.25) is 0 Å². The Morgan fingerprint density at radius 2 is 2.08 bits per heavy atom. The highest BCUT2D eigenvalue weighted by atomic mass is 16.1. The van der Waals surface area contributed by atoms with E-state index >= 15 is 0 Å². The van der Waals surface area contributed by atoms with Crippen molar-refractivity contribution in [3.63, 3.8) is 0 Å². The number of carbonyl (C=O) groups excluding carboxylic acids is 1. The van der Waals surface area contributed by atoms with Crippen molar-refractivity contribution in [1.82, 2.24) is 20.1 Å². The summed E-state index contributed by atoms with van der Waals surface area (Å²) >= 11 is 0. The molecule has 1 amide bonds. The van der Waals surface area contributed by atoms with Gasteiger partial charge in [-0.2, -0.15) is 5.10 Å². The molecule has 0 saturated heterocycles. The normalized spacial score (nSPS) is 14.1. The van der Waals surface area contributed by atoms with E-state index in [1.165, 1.54) is 0 Å². The average Bonchev–Trinajstić information content (AvgIpc) is 2.95. The zero-order valence-corrected chi connectivity index (χ0v) is 15.3. The molecule has 2 heterocycles. The van der Waals surface area contributed by atoms with Crippen LogP contribution >= 0.6 is 0 Å². The molecule has 0 bridgehead atoms. The standard InChI is InChI=1S/C18H29N5O/c1-6-13(5)23-17-16(10-20-23)15(8-12(4)21-17)18(24)22-14(9-19)7-11(2)3/h8,10-11,13-14H,6-7,9,19H2,1-5H3,(H,22,24). The first-order chi connectivity index (χ1) is 11.4. The van der Waals surface area contributed by atoms with E-state index in [4.69, 9.17) is 5.73 Å². The fourth-order valence-electron chi connectivity index (χ4n) is 2.87. The zero-order chi connectivity index (χ0) is 17.9. The molecular weight excluding hydrogens is 302 g/mol. The molecule has 2 unspecified atom stereocenters. The minimum Gasteiger partial charge on any atom is -0.348 e. The van der Waals surface area contributed by atoms with Crippen LogP contribution in [0.4, 0.5) is 0 Å². The minimum atomic E-state index is -0.106. The summed E-state index contributed by atoms with van der Waals surface area (Å²) < 4.78 is 1.90. The molecule has 0 aliphatic heterocycles. The van der Waals surface area contributed by atoms with E-state index in [9.17, 15) is 4.79 Å². The topological polar surface area (TPSA) is 85.8 Å². The van der Waals surface area contributed by atoms with E-state index in [0.717, 1.165) is 29.6 Å². The van der Waals surface area contributed by atoms with Gasteiger partial charge in [0, 0.05) is 18.3 Å². The van der Waals surface area contributed by atoms with E-state index in [-0.39, 0.29) is 18.0 Å². The third-order valence-electron chi connectivity index (χ3n) is 4.32. The van der Waals surface area contributed by atoms with Crippen LogP contribution in [0.15, 0.2) is 12.3 Å². The van der Waals surface area contributed by atoms with Gasteiger partial charge in [-0.05, 0) is 38.7 Å². The van der Waals surface area contributed by atoms with Crippen molar-refractivity contribution in [2.45, 2.75) is 59.5 Å². The third kappa shape index (κ3) is 3.93. The lowest BCUT2D eigenvalue weighted by Gasteiger charge is -2.19. The van der Waals surface area contributed by atoms with Crippen LogP contribution < -0.4 is 11.1 Å². The summed E-state index contributed by atoms with van der Waals surface area (Å²) in [6, 6.07) is 2.04. The zero-order valence-electron chi connectivity index (χ0n) is 15.3. The van der Waals surface area contributed by atoms with Gasteiger partial charge in [-0.3, -0.25) is 4.79 Å². The van der Waals surface area contributed by atoms with Crippen molar-refractivity contribution >= 4 is 16.9 Å². The first-order valence-corrected chi connectivity index (χ1v) is 8.73. The minimum absolute atomic E-state index is 0.0226. The Morgan fingerprint density at radius 1 is 1.38 bits per heavy atom. The number of fused-ring (bicyclic) bond motifs is 1. The Labute approximate surface area is 143 Å². The van der Waals surface area contributed by atoms with Crippen LogP contribution in [0, 0.1) is 12.8 Å². The molecule has 0 aliphatic rings. The third-order valence-corrected chi connectivity index (χ3v) is 4.32. The van der Waals surface area contributed by atoms with Gasteiger partial charge in [-0.15, -0.1) is 0 Å². The number of pyridine rings is 1. The molecule has 0 radical (unpaired) electrons. The van der Waals surface area contributed by atoms with E-state index in [2.05, 4.69) is 43.1 Å². The largest absolute Gasteiger partial charge is 0.348 e. The lowest BCUT2D eigenvalue weighted by molar-refractivity contribution is 0.0935. The van der Waals surface area contributed by atoms with Gasteiger partial charge in [0.25, 0.3) is 5.91 Å². The van der Waals surface area contributed by atoms with E-state index in [1.54, 1.807) is 6.20 Å². The molecule has 0 aliphatic carbocycles. The summed E-state index contributed by atoms with van der Waals surface area (Å²) in [6.07, 6.45) is 3.56. The first-order valence-electron chi connectivity index (χ1n) is 8.73. The number of nitrogens with zero attached hydrogens (tertiary/aromatic N) is 3. The Morgan fingerprint density at radius 3 is 2.67 bits per heavy atom. The van der Waals surface area contributed by atoms with Gasteiger partial charge in [0.05, 0.1) is 23.2 Å². The lowest BCUT2D eigenvalue weighted by Crippen LogP contribution is -2.41. The van der Waals surface area contributed by atoms with Crippen molar-refractivity contribution in [2.75, 3.05) is 6.54 Å². The molecule has 0 spiro atoms. The quantitative estimate of drug-likeness (QED) is 0.817. The second kappa shape index (κ2) is 7.75. The highest BCUT2D eigenvalue weighted by molar-refractivity contribution is 6.05. The predicted octanol–water partition coefficient (Wildman–Crippen LogP) is 2.81. The molecule has 0 saturated carbocycles. The van der Waals surface area contributed by atoms with Crippen LogP contribution in [-0.2, 0) is 0 Å². The SMILES string of the molecule is CCC(C)n1ncc2c(C(=O)NC(CN)CC(C)C)cc(C)nc21. The summed E-state index contributed by atoms with van der Waals surface area (Å²) in [5.41, 5.74) is 8.01. The molecule has 24 heavy (non-hydrogen) atoms. The smallest absolute Gasteiger partial charge is 0.252 e. The molecule has 2 rings (SSSR count). The highest BCUT2D eigenvalue weighted by Crippen LogP contribution is 2.22. The second-order valence-electron chi connectivity index (χ2n) is 6.93. The average molecular weight is 331 g/mol. The number of nitrogens with one attached hydrogen (secondary N) is 1. The molecular formula is C18H29N5O. The first kappa shape index (κ1) is 18.4. The van der Waals surface area contributed by atoms with Crippen LogP contribution in [0.5, 0.6) is 0 Å². The highest BCUT2D eigenvalue weighted by Gasteiger charge is 2.20. The van der Waals surface area contributed by atoms with Crippen LogP contribution in [0.1, 0.15) is 62.6 Å². The predicted molar refractivity (Wildman–Crippen MR) is 97.0 cm³/mol. The Bertz CT molecular complexity index is 707. The maximum atomic E-state index is 12.8. The molecule has 6 heteroatoms. The maximum absolute atomic E-state index is 12.8. The van der Waals surface area contributed by atoms with Gasteiger partial charge in [0.15, 0.2) is 5.65 Å². The monoisotopic (exact) mass is 331 g/mol. The van der Waals surface area contributed by atoms with Crippen LogP contribution in [0.3, 0.4) is 0 Å². The summed E-state index contributed by atoms with van der Waals surface area (Å²) in [6.45, 7) is 10.8. The van der Waals surface area contributed by atoms with Crippen LogP contribution in [-0.4, -0.2) is 33.3 Å². The maximum Gasteiger partial charge on any atom is 0.252 e. The summed E-state index contributed by atoms with van der Waals surface area (Å²) in [4.78, 5) is 17.4. The van der Waals surface area contributed by atoms with Crippen molar-refractivity contribution in [3.8, 4) is 0 Å². The molecule has 2 atom stereocenters.